The van der Waals surface area contributed by atoms with Crippen LogP contribution in [0.5, 0.6) is 0 Å². The standard InChI is InChI=1S/C9H18O3/c1-5-9(10-4)11-7(2)6-8(3)12-9/h7-8H,5-6H2,1-4H3. The van der Waals surface area contributed by atoms with Gasteiger partial charge in [-0.2, -0.15) is 0 Å². The number of ether oxygens (including phenoxy) is 3. The van der Waals surface area contributed by atoms with Crippen LogP contribution in [-0.4, -0.2) is 25.3 Å². The molecule has 1 aliphatic heterocycles. The van der Waals surface area contributed by atoms with Gasteiger partial charge in [0.05, 0.1) is 12.2 Å². The van der Waals surface area contributed by atoms with Gasteiger partial charge in [-0.15, -0.1) is 0 Å². The Hall–Kier alpha value is -0.120. The Balaban J connectivity index is 2.62. The van der Waals surface area contributed by atoms with E-state index in [4.69, 9.17) is 14.2 Å². The molecule has 0 radical (unpaired) electrons. The SMILES string of the molecule is CCC1(OC)OC(C)CC(C)O1. The van der Waals surface area contributed by atoms with Gasteiger partial charge in [0.25, 0.3) is 5.97 Å². The minimum absolute atomic E-state index is 0.216. The Morgan fingerprint density at radius 2 is 1.83 bits per heavy atom. The molecule has 0 aromatic rings. The van der Waals surface area contributed by atoms with Crippen LogP contribution >= 0.6 is 0 Å². The molecule has 2 atom stereocenters. The van der Waals surface area contributed by atoms with Crippen molar-refractivity contribution in [2.24, 2.45) is 0 Å². The molecule has 1 fully saturated rings. The summed E-state index contributed by atoms with van der Waals surface area (Å²) < 4.78 is 16.4. The molecule has 1 aliphatic rings. The van der Waals surface area contributed by atoms with E-state index in [1.165, 1.54) is 0 Å². The smallest absolute Gasteiger partial charge is 0.282 e. The third-order valence-corrected chi connectivity index (χ3v) is 2.17. The highest BCUT2D eigenvalue weighted by Crippen LogP contribution is 2.30. The van der Waals surface area contributed by atoms with Crippen LogP contribution in [0.25, 0.3) is 0 Å². The van der Waals surface area contributed by atoms with E-state index in [1.54, 1.807) is 7.11 Å². The number of rotatable bonds is 2. The molecule has 1 heterocycles. The van der Waals surface area contributed by atoms with Gasteiger partial charge in [-0.05, 0) is 20.3 Å². The molecule has 1 saturated heterocycles. The topological polar surface area (TPSA) is 27.7 Å². The second kappa shape index (κ2) is 3.73. The van der Waals surface area contributed by atoms with Crippen molar-refractivity contribution in [1.29, 1.82) is 0 Å². The molecule has 0 N–H and O–H groups in total. The summed E-state index contributed by atoms with van der Waals surface area (Å²) in [6, 6.07) is 0. The number of methoxy groups -OCH3 is 1. The predicted octanol–water partition coefficient (Wildman–Crippen LogP) is 1.91. The molecule has 12 heavy (non-hydrogen) atoms. The van der Waals surface area contributed by atoms with Crippen molar-refractivity contribution in [2.75, 3.05) is 7.11 Å². The van der Waals surface area contributed by atoms with Gasteiger partial charge in [-0.3, -0.25) is 0 Å². The number of hydrogen-bond donors (Lipinski definition) is 0. The molecule has 0 spiro atoms. The first-order valence-electron chi connectivity index (χ1n) is 4.52. The Morgan fingerprint density at radius 3 is 2.17 bits per heavy atom. The van der Waals surface area contributed by atoms with Gasteiger partial charge in [-0.1, -0.05) is 6.92 Å². The van der Waals surface area contributed by atoms with E-state index in [-0.39, 0.29) is 12.2 Å². The zero-order valence-electron chi connectivity index (χ0n) is 8.29. The van der Waals surface area contributed by atoms with Gasteiger partial charge in [-0.25, -0.2) is 0 Å². The fourth-order valence-electron chi connectivity index (χ4n) is 1.61. The second-order valence-electron chi connectivity index (χ2n) is 3.33. The Labute approximate surface area is 74.0 Å². The van der Waals surface area contributed by atoms with Crippen LogP contribution in [0.1, 0.15) is 33.6 Å². The highest BCUT2D eigenvalue weighted by Gasteiger charge is 2.38. The van der Waals surface area contributed by atoms with E-state index in [9.17, 15) is 0 Å². The first-order chi connectivity index (χ1) is 5.62. The highest BCUT2D eigenvalue weighted by atomic mass is 16.9. The van der Waals surface area contributed by atoms with E-state index in [0.29, 0.717) is 0 Å². The minimum Gasteiger partial charge on any atom is -0.331 e. The van der Waals surface area contributed by atoms with E-state index < -0.39 is 5.97 Å². The van der Waals surface area contributed by atoms with Gasteiger partial charge in [0.15, 0.2) is 0 Å². The summed E-state index contributed by atoms with van der Waals surface area (Å²) in [7, 11) is 1.62. The highest BCUT2D eigenvalue weighted by molar-refractivity contribution is 4.70. The summed E-state index contributed by atoms with van der Waals surface area (Å²) in [4.78, 5) is 0. The molecule has 0 aromatic carbocycles. The zero-order valence-corrected chi connectivity index (χ0v) is 8.29. The lowest BCUT2D eigenvalue weighted by Crippen LogP contribution is -2.47. The van der Waals surface area contributed by atoms with E-state index >= 15 is 0 Å². The molecule has 0 aromatic heterocycles. The summed E-state index contributed by atoms with van der Waals surface area (Å²) in [6.45, 7) is 6.08. The van der Waals surface area contributed by atoms with E-state index in [2.05, 4.69) is 0 Å². The normalized spacial score (nSPS) is 43.0. The fourth-order valence-corrected chi connectivity index (χ4v) is 1.61. The summed E-state index contributed by atoms with van der Waals surface area (Å²) in [6.07, 6.45) is 2.09. The Morgan fingerprint density at radius 1 is 1.33 bits per heavy atom. The van der Waals surface area contributed by atoms with Crippen LogP contribution in [0.3, 0.4) is 0 Å². The van der Waals surface area contributed by atoms with Crippen LogP contribution in [0.15, 0.2) is 0 Å². The van der Waals surface area contributed by atoms with Crippen LogP contribution in [0, 0.1) is 0 Å². The van der Waals surface area contributed by atoms with Crippen LogP contribution in [0.4, 0.5) is 0 Å². The summed E-state index contributed by atoms with van der Waals surface area (Å²) in [5, 5.41) is 0. The summed E-state index contributed by atoms with van der Waals surface area (Å²) >= 11 is 0. The molecule has 3 nitrogen and oxygen atoms in total. The van der Waals surface area contributed by atoms with Crippen molar-refractivity contribution in [3.05, 3.63) is 0 Å². The zero-order chi connectivity index (χ0) is 9.19. The van der Waals surface area contributed by atoms with Crippen molar-refractivity contribution >= 4 is 0 Å². The van der Waals surface area contributed by atoms with Crippen molar-refractivity contribution in [3.63, 3.8) is 0 Å². The van der Waals surface area contributed by atoms with E-state index in [0.717, 1.165) is 12.8 Å². The lowest BCUT2D eigenvalue weighted by Gasteiger charge is -2.40. The van der Waals surface area contributed by atoms with Crippen LogP contribution < -0.4 is 0 Å². The third kappa shape index (κ3) is 1.97. The maximum Gasteiger partial charge on any atom is 0.282 e. The van der Waals surface area contributed by atoms with Crippen molar-refractivity contribution in [2.45, 2.75) is 51.8 Å². The van der Waals surface area contributed by atoms with Gasteiger partial charge < -0.3 is 14.2 Å². The second-order valence-corrected chi connectivity index (χ2v) is 3.33. The monoisotopic (exact) mass is 174 g/mol. The fraction of sp³-hybridized carbons (Fsp3) is 1.00. The third-order valence-electron chi connectivity index (χ3n) is 2.17. The maximum atomic E-state index is 5.60. The Bertz CT molecular complexity index is 131. The van der Waals surface area contributed by atoms with Crippen molar-refractivity contribution in [1.82, 2.24) is 0 Å². The largest absolute Gasteiger partial charge is 0.331 e. The van der Waals surface area contributed by atoms with Crippen LogP contribution in [0.2, 0.25) is 0 Å². The first kappa shape index (κ1) is 9.96. The molecule has 0 amide bonds. The summed E-state index contributed by atoms with van der Waals surface area (Å²) in [5.74, 6) is -0.795. The van der Waals surface area contributed by atoms with Gasteiger partial charge in [0.1, 0.15) is 0 Å². The maximum absolute atomic E-state index is 5.60. The Kier molecular flexibility index (Phi) is 3.09. The van der Waals surface area contributed by atoms with Crippen molar-refractivity contribution < 1.29 is 14.2 Å². The predicted molar refractivity (Wildman–Crippen MR) is 45.7 cm³/mol. The molecule has 72 valence electrons. The molecular formula is C9H18O3. The quantitative estimate of drug-likeness (QED) is 0.640. The minimum atomic E-state index is -0.795. The molecule has 0 saturated carbocycles. The molecular weight excluding hydrogens is 156 g/mol. The molecule has 0 aliphatic carbocycles. The van der Waals surface area contributed by atoms with Gasteiger partial charge >= 0.3 is 0 Å². The average molecular weight is 174 g/mol. The summed E-state index contributed by atoms with van der Waals surface area (Å²) in [5.41, 5.74) is 0. The molecule has 2 unspecified atom stereocenters. The van der Waals surface area contributed by atoms with Crippen molar-refractivity contribution in [3.8, 4) is 0 Å². The average Bonchev–Trinajstić information content (AvgIpc) is 2.02. The van der Waals surface area contributed by atoms with E-state index in [1.807, 2.05) is 20.8 Å². The first-order valence-corrected chi connectivity index (χ1v) is 4.52. The van der Waals surface area contributed by atoms with Crippen LogP contribution in [-0.2, 0) is 14.2 Å². The van der Waals surface area contributed by atoms with Gasteiger partial charge in [0, 0.05) is 13.5 Å². The lowest BCUT2D eigenvalue weighted by atomic mass is 10.1. The molecule has 1 rings (SSSR count). The molecule has 3 heteroatoms. The lowest BCUT2D eigenvalue weighted by molar-refractivity contribution is -0.421. The number of hydrogen-bond acceptors (Lipinski definition) is 3. The van der Waals surface area contributed by atoms with Gasteiger partial charge in [0.2, 0.25) is 0 Å². The molecule has 0 bridgehead atoms.